The van der Waals surface area contributed by atoms with Gasteiger partial charge in [0.2, 0.25) is 5.91 Å². The van der Waals surface area contributed by atoms with Crippen molar-refractivity contribution in [3.8, 4) is 0 Å². The third kappa shape index (κ3) is 4.53. The van der Waals surface area contributed by atoms with Gasteiger partial charge in [-0.05, 0) is 45.3 Å². The van der Waals surface area contributed by atoms with E-state index in [-0.39, 0.29) is 18.1 Å². The van der Waals surface area contributed by atoms with E-state index in [9.17, 15) is 9.18 Å². The summed E-state index contributed by atoms with van der Waals surface area (Å²) >= 11 is 3.11. The summed E-state index contributed by atoms with van der Waals surface area (Å²) in [7, 11) is 3.84. The number of rotatable bonds is 5. The lowest BCUT2D eigenvalue weighted by molar-refractivity contribution is -0.120. The number of aromatic nitrogens is 1. The second-order valence-electron chi connectivity index (χ2n) is 5.12. The smallest absolute Gasteiger partial charge is 0.224 e. The average Bonchev–Trinajstić information content (AvgIpc) is 2.49. The maximum absolute atomic E-state index is 13.1. The van der Waals surface area contributed by atoms with Gasteiger partial charge in [-0.2, -0.15) is 0 Å². The van der Waals surface area contributed by atoms with Crippen LogP contribution in [0.5, 0.6) is 0 Å². The number of nitrogens with zero attached hydrogens (tertiary/aromatic N) is 2. The molecule has 4 nitrogen and oxygen atoms in total. The minimum atomic E-state index is -0.337. The van der Waals surface area contributed by atoms with Crippen molar-refractivity contribution in [3.63, 3.8) is 0 Å². The summed E-state index contributed by atoms with van der Waals surface area (Å²) in [5, 5.41) is 2.83. The van der Waals surface area contributed by atoms with Crippen molar-refractivity contribution in [1.82, 2.24) is 10.3 Å². The van der Waals surface area contributed by atoms with Crippen molar-refractivity contribution in [2.45, 2.75) is 13.0 Å². The number of hydrogen-bond donors (Lipinski definition) is 1. The molecule has 0 aliphatic heterocycles. The topological polar surface area (TPSA) is 45.2 Å². The molecule has 0 spiro atoms. The van der Waals surface area contributed by atoms with E-state index < -0.39 is 0 Å². The van der Waals surface area contributed by atoms with E-state index >= 15 is 0 Å². The first-order valence-electron chi connectivity index (χ1n) is 6.78. The lowest BCUT2D eigenvalue weighted by atomic mass is 10.1. The average molecular weight is 366 g/mol. The molecule has 2 rings (SSSR count). The molecule has 0 saturated heterocycles. The van der Waals surface area contributed by atoms with Crippen LogP contribution >= 0.6 is 15.9 Å². The molecule has 116 valence electrons. The molecule has 2 aromatic rings. The highest BCUT2D eigenvalue weighted by Gasteiger charge is 2.06. The number of anilines is 1. The van der Waals surface area contributed by atoms with Crippen molar-refractivity contribution in [2.75, 3.05) is 19.0 Å². The van der Waals surface area contributed by atoms with E-state index in [0.29, 0.717) is 11.0 Å². The Morgan fingerprint density at radius 2 is 2.00 bits per heavy atom. The Balaban J connectivity index is 1.88. The lowest BCUT2D eigenvalue weighted by Crippen LogP contribution is -2.24. The fourth-order valence-corrected chi connectivity index (χ4v) is 2.31. The molecule has 1 aromatic carbocycles. The van der Waals surface area contributed by atoms with Crippen LogP contribution in [-0.4, -0.2) is 25.0 Å². The Bertz CT molecular complexity index is 659. The number of nitrogens with one attached hydrogen (secondary N) is 1. The number of amides is 1. The minimum absolute atomic E-state index is 0.116. The number of carbonyl (C=O) groups excluding carboxylic acids is 1. The Labute approximate surface area is 137 Å². The molecule has 0 radical (unpaired) electrons. The van der Waals surface area contributed by atoms with Gasteiger partial charge in [0, 0.05) is 26.8 Å². The highest BCUT2D eigenvalue weighted by Crippen LogP contribution is 2.17. The second kappa shape index (κ2) is 7.35. The zero-order valence-corrected chi connectivity index (χ0v) is 14.0. The van der Waals surface area contributed by atoms with Gasteiger partial charge in [-0.15, -0.1) is 0 Å². The van der Waals surface area contributed by atoms with E-state index in [1.807, 2.05) is 31.1 Å². The van der Waals surface area contributed by atoms with Crippen LogP contribution in [0.3, 0.4) is 0 Å². The first-order valence-corrected chi connectivity index (χ1v) is 7.58. The van der Waals surface area contributed by atoms with Gasteiger partial charge < -0.3 is 10.2 Å². The summed E-state index contributed by atoms with van der Waals surface area (Å²) in [5.41, 5.74) is 1.69. The van der Waals surface area contributed by atoms with Crippen LogP contribution in [0.1, 0.15) is 11.1 Å². The Kier molecular flexibility index (Phi) is 5.49. The van der Waals surface area contributed by atoms with Gasteiger partial charge in [0.1, 0.15) is 11.6 Å². The lowest BCUT2D eigenvalue weighted by Gasteiger charge is -2.11. The van der Waals surface area contributed by atoms with Gasteiger partial charge in [0.25, 0.3) is 0 Å². The summed E-state index contributed by atoms with van der Waals surface area (Å²) in [6.45, 7) is 0.419. The number of carbonyl (C=O) groups is 1. The number of pyridine rings is 1. The molecule has 22 heavy (non-hydrogen) atoms. The summed E-state index contributed by atoms with van der Waals surface area (Å²) in [6, 6.07) is 8.39. The van der Waals surface area contributed by atoms with Crippen LogP contribution in [0.15, 0.2) is 41.0 Å². The molecule has 0 saturated carbocycles. The van der Waals surface area contributed by atoms with Crippen LogP contribution in [0, 0.1) is 5.82 Å². The normalized spacial score (nSPS) is 10.4. The molecule has 1 amide bonds. The van der Waals surface area contributed by atoms with E-state index in [2.05, 4.69) is 26.2 Å². The van der Waals surface area contributed by atoms with Crippen molar-refractivity contribution in [3.05, 3.63) is 57.9 Å². The van der Waals surface area contributed by atoms with Crippen molar-refractivity contribution >= 4 is 27.7 Å². The predicted molar refractivity (Wildman–Crippen MR) is 88.2 cm³/mol. The standard InChI is InChI=1S/C16H17BrFN3O/c1-21(2)15-6-4-12(9-19-15)10-20-16(22)8-11-3-5-14(18)13(17)7-11/h3-7,9H,8,10H2,1-2H3,(H,20,22). The SMILES string of the molecule is CN(C)c1ccc(CNC(=O)Cc2ccc(F)c(Br)c2)cn1. The molecule has 0 bridgehead atoms. The van der Waals surface area contributed by atoms with Crippen LogP contribution in [0.25, 0.3) is 0 Å². The van der Waals surface area contributed by atoms with Gasteiger partial charge in [-0.1, -0.05) is 12.1 Å². The summed E-state index contributed by atoms with van der Waals surface area (Å²) in [4.78, 5) is 18.1. The molecule has 0 fully saturated rings. The number of hydrogen-bond acceptors (Lipinski definition) is 3. The van der Waals surface area contributed by atoms with Crippen LogP contribution in [0.2, 0.25) is 0 Å². The highest BCUT2D eigenvalue weighted by molar-refractivity contribution is 9.10. The minimum Gasteiger partial charge on any atom is -0.363 e. The van der Waals surface area contributed by atoms with E-state index in [1.165, 1.54) is 6.07 Å². The Hall–Kier alpha value is -1.95. The first kappa shape index (κ1) is 16.4. The molecule has 0 atom stereocenters. The number of benzene rings is 1. The summed E-state index contributed by atoms with van der Waals surface area (Å²) < 4.78 is 13.5. The monoisotopic (exact) mass is 365 g/mol. The predicted octanol–water partition coefficient (Wildman–Crippen LogP) is 2.91. The largest absolute Gasteiger partial charge is 0.363 e. The highest BCUT2D eigenvalue weighted by atomic mass is 79.9. The van der Waals surface area contributed by atoms with E-state index in [0.717, 1.165) is 16.9 Å². The van der Waals surface area contributed by atoms with Gasteiger partial charge in [-0.25, -0.2) is 9.37 Å². The molecule has 1 heterocycles. The molecule has 0 unspecified atom stereocenters. The number of halogens is 2. The van der Waals surface area contributed by atoms with Crippen molar-refractivity contribution in [2.24, 2.45) is 0 Å². The molecule has 0 aliphatic carbocycles. The van der Waals surface area contributed by atoms with Crippen molar-refractivity contribution in [1.29, 1.82) is 0 Å². The van der Waals surface area contributed by atoms with Crippen LogP contribution in [0.4, 0.5) is 10.2 Å². The zero-order valence-electron chi connectivity index (χ0n) is 12.4. The van der Waals surface area contributed by atoms with Crippen LogP contribution < -0.4 is 10.2 Å². The van der Waals surface area contributed by atoms with Gasteiger partial charge >= 0.3 is 0 Å². The van der Waals surface area contributed by atoms with Gasteiger partial charge in [0.15, 0.2) is 0 Å². The third-order valence-corrected chi connectivity index (χ3v) is 3.71. The maximum atomic E-state index is 13.1. The fraction of sp³-hybridized carbons (Fsp3) is 0.250. The zero-order chi connectivity index (χ0) is 16.1. The Morgan fingerprint density at radius 3 is 2.59 bits per heavy atom. The third-order valence-electron chi connectivity index (χ3n) is 3.11. The van der Waals surface area contributed by atoms with E-state index in [1.54, 1.807) is 18.3 Å². The molecular formula is C16H17BrFN3O. The Morgan fingerprint density at radius 1 is 1.27 bits per heavy atom. The van der Waals surface area contributed by atoms with Gasteiger partial charge in [0.05, 0.1) is 10.9 Å². The molecular weight excluding hydrogens is 349 g/mol. The summed E-state index contributed by atoms with van der Waals surface area (Å²) in [6.07, 6.45) is 1.95. The molecule has 0 aliphatic rings. The molecule has 1 aromatic heterocycles. The molecule has 6 heteroatoms. The van der Waals surface area contributed by atoms with E-state index in [4.69, 9.17) is 0 Å². The first-order chi connectivity index (χ1) is 10.5. The van der Waals surface area contributed by atoms with Crippen molar-refractivity contribution < 1.29 is 9.18 Å². The van der Waals surface area contributed by atoms with Crippen LogP contribution in [-0.2, 0) is 17.8 Å². The van der Waals surface area contributed by atoms with Gasteiger partial charge in [-0.3, -0.25) is 4.79 Å². The quantitative estimate of drug-likeness (QED) is 0.885. The maximum Gasteiger partial charge on any atom is 0.224 e. The second-order valence-corrected chi connectivity index (χ2v) is 5.98. The molecule has 1 N–H and O–H groups in total. The fourth-order valence-electron chi connectivity index (χ4n) is 1.88. The summed E-state index contributed by atoms with van der Waals surface area (Å²) in [5.74, 6) is 0.414.